The fourth-order valence-electron chi connectivity index (χ4n) is 4.35. The van der Waals surface area contributed by atoms with Gasteiger partial charge in [-0.2, -0.15) is 0 Å². The van der Waals surface area contributed by atoms with Crippen molar-refractivity contribution in [3.05, 3.63) is 43.1 Å². The highest BCUT2D eigenvalue weighted by molar-refractivity contribution is 7.20. The number of rotatable bonds is 8. The molecule has 0 spiro atoms. The number of esters is 2. The molecule has 1 atom stereocenters. The Morgan fingerprint density at radius 3 is 2.68 bits per heavy atom. The summed E-state index contributed by atoms with van der Waals surface area (Å²) in [4.78, 5) is 57.6. The summed E-state index contributed by atoms with van der Waals surface area (Å²) in [6.07, 6.45) is 3.88. The van der Waals surface area contributed by atoms with Crippen LogP contribution in [0.1, 0.15) is 70.1 Å². The van der Waals surface area contributed by atoms with Crippen molar-refractivity contribution in [3.63, 3.8) is 0 Å². The number of hydrogen-bond donors (Lipinski definition) is 1. The summed E-state index contributed by atoms with van der Waals surface area (Å²) in [5.74, 6) is -0.696. The molecule has 1 unspecified atom stereocenters. The van der Waals surface area contributed by atoms with Crippen molar-refractivity contribution in [2.45, 2.75) is 60.4 Å². The molecule has 0 fully saturated rings. The van der Waals surface area contributed by atoms with Gasteiger partial charge in [-0.05, 0) is 56.1 Å². The van der Waals surface area contributed by atoms with Gasteiger partial charge in [0.2, 0.25) is 5.91 Å². The van der Waals surface area contributed by atoms with Crippen LogP contribution in [-0.2, 0) is 33.7 Å². The molecule has 1 aliphatic carbocycles. The Labute approximate surface area is 222 Å². The maximum Gasteiger partial charge on any atom is 0.348 e. The fourth-order valence-corrected chi connectivity index (χ4v) is 6.80. The molecule has 1 amide bonds. The number of anilines is 1. The van der Waals surface area contributed by atoms with Gasteiger partial charge in [-0.15, -0.1) is 22.7 Å². The lowest BCUT2D eigenvalue weighted by Gasteiger charge is -2.18. The fraction of sp³-hybridized carbons (Fsp3) is 0.500. The van der Waals surface area contributed by atoms with Crippen LogP contribution in [0, 0.1) is 18.8 Å². The highest BCUT2D eigenvalue weighted by Crippen LogP contribution is 2.40. The van der Waals surface area contributed by atoms with Gasteiger partial charge in [0.15, 0.2) is 0 Å². The Morgan fingerprint density at radius 2 is 1.97 bits per heavy atom. The third kappa shape index (κ3) is 5.62. The van der Waals surface area contributed by atoms with Gasteiger partial charge in [-0.25, -0.2) is 14.6 Å². The second-order valence-corrected chi connectivity index (χ2v) is 11.8. The van der Waals surface area contributed by atoms with E-state index >= 15 is 0 Å². The van der Waals surface area contributed by atoms with Gasteiger partial charge in [0.25, 0.3) is 5.56 Å². The minimum Gasteiger partial charge on any atom is -0.462 e. The lowest BCUT2D eigenvalue weighted by Crippen LogP contribution is -2.28. The molecule has 11 heteroatoms. The quantitative estimate of drug-likeness (QED) is 0.412. The molecule has 4 rings (SSSR count). The molecule has 0 aliphatic heterocycles. The number of amides is 1. The standard InChI is InChI=1S/C26H31N3O6S2/c1-6-34-25(32)20-16-8-7-14(4)9-17(16)36-23(20)28-18(30)10-29-12-27-22-19(24(29)31)15(5)21(37-22)26(33)35-11-13(2)3/h12-14H,6-11H2,1-5H3,(H,28,30). The van der Waals surface area contributed by atoms with Crippen molar-refractivity contribution < 1.29 is 23.9 Å². The zero-order valence-electron chi connectivity index (χ0n) is 21.6. The molecule has 3 aromatic heterocycles. The summed E-state index contributed by atoms with van der Waals surface area (Å²) >= 11 is 2.50. The predicted molar refractivity (Wildman–Crippen MR) is 144 cm³/mol. The molecule has 9 nitrogen and oxygen atoms in total. The first-order chi connectivity index (χ1) is 17.6. The van der Waals surface area contributed by atoms with Crippen LogP contribution in [0.5, 0.6) is 0 Å². The number of aromatic nitrogens is 2. The molecule has 198 valence electrons. The van der Waals surface area contributed by atoms with E-state index in [-0.39, 0.29) is 25.7 Å². The Morgan fingerprint density at radius 1 is 1.22 bits per heavy atom. The van der Waals surface area contributed by atoms with E-state index in [1.54, 1.807) is 13.8 Å². The summed E-state index contributed by atoms with van der Waals surface area (Å²) in [5, 5.41) is 3.58. The van der Waals surface area contributed by atoms with Crippen LogP contribution in [-0.4, -0.2) is 40.6 Å². The van der Waals surface area contributed by atoms with Crippen LogP contribution in [0.3, 0.4) is 0 Å². The van der Waals surface area contributed by atoms with Gasteiger partial charge in [-0.1, -0.05) is 20.8 Å². The summed E-state index contributed by atoms with van der Waals surface area (Å²) in [5.41, 5.74) is 1.44. The Kier molecular flexibility index (Phi) is 8.13. The van der Waals surface area contributed by atoms with E-state index in [4.69, 9.17) is 9.47 Å². The molecule has 0 saturated carbocycles. The van der Waals surface area contributed by atoms with E-state index in [1.165, 1.54) is 22.2 Å². The number of fused-ring (bicyclic) bond motifs is 2. The van der Waals surface area contributed by atoms with Crippen molar-refractivity contribution in [2.24, 2.45) is 11.8 Å². The average molecular weight is 546 g/mol. The molecule has 0 radical (unpaired) electrons. The molecule has 0 aromatic carbocycles. The molecule has 3 aromatic rings. The van der Waals surface area contributed by atoms with E-state index in [1.807, 2.05) is 13.8 Å². The van der Waals surface area contributed by atoms with Crippen LogP contribution in [0.2, 0.25) is 0 Å². The van der Waals surface area contributed by atoms with Crippen LogP contribution in [0.4, 0.5) is 5.00 Å². The normalized spacial score (nSPS) is 15.0. The Hall–Kier alpha value is -3.05. The van der Waals surface area contributed by atoms with Crippen molar-refractivity contribution >= 4 is 55.7 Å². The zero-order valence-corrected chi connectivity index (χ0v) is 23.3. The average Bonchev–Trinajstić information content (AvgIpc) is 3.36. The summed E-state index contributed by atoms with van der Waals surface area (Å²) in [6, 6.07) is 0. The van der Waals surface area contributed by atoms with E-state index in [2.05, 4.69) is 17.2 Å². The van der Waals surface area contributed by atoms with E-state index in [0.717, 1.165) is 41.0 Å². The molecule has 0 saturated heterocycles. The van der Waals surface area contributed by atoms with Crippen molar-refractivity contribution in [1.82, 2.24) is 9.55 Å². The summed E-state index contributed by atoms with van der Waals surface area (Å²) < 4.78 is 11.8. The highest BCUT2D eigenvalue weighted by Gasteiger charge is 2.29. The second kappa shape index (κ2) is 11.1. The molecule has 0 bridgehead atoms. The number of hydrogen-bond acceptors (Lipinski definition) is 9. The molecule has 37 heavy (non-hydrogen) atoms. The van der Waals surface area contributed by atoms with Crippen LogP contribution in [0.25, 0.3) is 10.2 Å². The van der Waals surface area contributed by atoms with Gasteiger partial charge in [0.1, 0.15) is 21.3 Å². The zero-order chi connectivity index (χ0) is 26.9. The van der Waals surface area contributed by atoms with Gasteiger partial charge in [0.05, 0.1) is 30.5 Å². The third-order valence-electron chi connectivity index (χ3n) is 6.21. The number of carbonyl (C=O) groups is 3. The first kappa shape index (κ1) is 27.0. The number of nitrogens with zero attached hydrogens (tertiary/aromatic N) is 2. The number of nitrogens with one attached hydrogen (secondary N) is 1. The smallest absolute Gasteiger partial charge is 0.348 e. The molecule has 1 N–H and O–H groups in total. The maximum absolute atomic E-state index is 13.2. The van der Waals surface area contributed by atoms with E-state index in [9.17, 15) is 19.2 Å². The number of ether oxygens (including phenoxy) is 2. The minimum absolute atomic E-state index is 0.189. The Bertz CT molecular complexity index is 1420. The maximum atomic E-state index is 13.2. The summed E-state index contributed by atoms with van der Waals surface area (Å²) in [6.45, 7) is 9.71. The minimum atomic E-state index is -0.486. The van der Waals surface area contributed by atoms with E-state index in [0.29, 0.717) is 37.1 Å². The lowest BCUT2D eigenvalue weighted by atomic mass is 9.88. The molecule has 3 heterocycles. The first-order valence-electron chi connectivity index (χ1n) is 12.4. The molecular formula is C26H31N3O6S2. The predicted octanol–water partition coefficient (Wildman–Crippen LogP) is 4.58. The monoisotopic (exact) mass is 545 g/mol. The van der Waals surface area contributed by atoms with Gasteiger partial charge in [0, 0.05) is 4.88 Å². The van der Waals surface area contributed by atoms with Gasteiger partial charge < -0.3 is 14.8 Å². The van der Waals surface area contributed by atoms with Crippen LogP contribution in [0.15, 0.2) is 11.1 Å². The number of carbonyl (C=O) groups excluding carboxylic acids is 3. The molecular weight excluding hydrogens is 514 g/mol. The Balaban J connectivity index is 1.58. The van der Waals surface area contributed by atoms with Gasteiger partial charge in [-0.3, -0.25) is 14.2 Å². The SMILES string of the molecule is CCOC(=O)c1c(NC(=O)Cn2cnc3sc(C(=O)OCC(C)C)c(C)c3c2=O)sc2c1CCC(C)C2. The van der Waals surface area contributed by atoms with Gasteiger partial charge >= 0.3 is 11.9 Å². The van der Waals surface area contributed by atoms with Crippen LogP contribution < -0.4 is 10.9 Å². The van der Waals surface area contributed by atoms with Crippen molar-refractivity contribution in [1.29, 1.82) is 0 Å². The van der Waals surface area contributed by atoms with Crippen molar-refractivity contribution in [3.8, 4) is 0 Å². The first-order valence-corrected chi connectivity index (χ1v) is 14.0. The third-order valence-corrected chi connectivity index (χ3v) is 8.56. The van der Waals surface area contributed by atoms with E-state index < -0.39 is 23.4 Å². The largest absolute Gasteiger partial charge is 0.462 e. The van der Waals surface area contributed by atoms with Crippen LogP contribution >= 0.6 is 22.7 Å². The summed E-state index contributed by atoms with van der Waals surface area (Å²) in [7, 11) is 0. The van der Waals surface area contributed by atoms with Crippen molar-refractivity contribution in [2.75, 3.05) is 18.5 Å². The second-order valence-electron chi connectivity index (χ2n) is 9.73. The molecule has 1 aliphatic rings. The topological polar surface area (TPSA) is 117 Å². The lowest BCUT2D eigenvalue weighted by molar-refractivity contribution is -0.116. The number of thiophene rings is 2. The highest BCUT2D eigenvalue weighted by atomic mass is 32.1. The number of aryl methyl sites for hydroxylation is 1.